The molecule has 1 aromatic rings. The van der Waals surface area contributed by atoms with Crippen molar-refractivity contribution in [3.63, 3.8) is 0 Å². The quantitative estimate of drug-likeness (QED) is 0.718. The Morgan fingerprint density at radius 1 is 1.56 bits per heavy atom. The van der Waals surface area contributed by atoms with E-state index >= 15 is 0 Å². The summed E-state index contributed by atoms with van der Waals surface area (Å²) in [6, 6.07) is 2.52. The minimum absolute atomic E-state index is 0.491. The van der Waals surface area contributed by atoms with E-state index < -0.39 is 0 Å². The van der Waals surface area contributed by atoms with Crippen LogP contribution in [-0.4, -0.2) is 24.5 Å². The normalized spacial score (nSPS) is 11.3. The Morgan fingerprint density at radius 3 is 2.88 bits per heavy atom. The second kappa shape index (κ2) is 6.51. The molecule has 0 radical (unpaired) electrons. The van der Waals surface area contributed by atoms with Crippen LogP contribution in [0, 0.1) is 0 Å². The Balaban J connectivity index is 2.68. The van der Waals surface area contributed by atoms with Gasteiger partial charge in [0.25, 0.3) is 0 Å². The van der Waals surface area contributed by atoms with E-state index in [9.17, 15) is 0 Å². The Morgan fingerprint density at radius 2 is 2.31 bits per heavy atom. The zero-order chi connectivity index (χ0) is 12.0. The van der Waals surface area contributed by atoms with Crippen LogP contribution in [0.15, 0.2) is 29.4 Å². The van der Waals surface area contributed by atoms with E-state index in [0.29, 0.717) is 6.04 Å². The minimum Gasteiger partial charge on any atom is -0.468 e. The second-order valence-electron chi connectivity index (χ2n) is 4.21. The van der Waals surface area contributed by atoms with Gasteiger partial charge in [0.05, 0.1) is 12.8 Å². The van der Waals surface area contributed by atoms with Gasteiger partial charge in [0, 0.05) is 24.7 Å². The van der Waals surface area contributed by atoms with Crippen LogP contribution in [0.4, 0.5) is 0 Å². The van der Waals surface area contributed by atoms with Gasteiger partial charge < -0.3 is 9.73 Å². The van der Waals surface area contributed by atoms with Gasteiger partial charge in [-0.15, -0.1) is 6.58 Å². The molecule has 0 amide bonds. The lowest BCUT2D eigenvalue weighted by atomic mass is 10.2. The third kappa shape index (κ3) is 3.51. The molecule has 16 heavy (non-hydrogen) atoms. The van der Waals surface area contributed by atoms with Gasteiger partial charge in [-0.05, 0) is 27.0 Å². The molecular formula is C13H22N2O. The van der Waals surface area contributed by atoms with Gasteiger partial charge in [-0.3, -0.25) is 4.90 Å². The predicted molar refractivity (Wildman–Crippen MR) is 67.2 cm³/mol. The molecular weight excluding hydrogens is 200 g/mol. The molecule has 3 heteroatoms. The van der Waals surface area contributed by atoms with Crippen LogP contribution in [0.5, 0.6) is 0 Å². The number of hydrogen-bond donors (Lipinski definition) is 1. The van der Waals surface area contributed by atoms with Crippen molar-refractivity contribution >= 4 is 0 Å². The molecule has 0 spiro atoms. The monoisotopic (exact) mass is 222 g/mol. The third-order valence-electron chi connectivity index (χ3n) is 2.65. The fourth-order valence-electron chi connectivity index (χ4n) is 1.66. The molecule has 0 aliphatic heterocycles. The zero-order valence-electron chi connectivity index (χ0n) is 10.5. The molecule has 0 unspecified atom stereocenters. The maximum Gasteiger partial charge on any atom is 0.122 e. The van der Waals surface area contributed by atoms with Crippen molar-refractivity contribution in [3.05, 3.63) is 36.3 Å². The second-order valence-corrected chi connectivity index (χ2v) is 4.21. The summed E-state index contributed by atoms with van der Waals surface area (Å²) in [6.07, 6.45) is 3.69. The molecule has 0 aromatic carbocycles. The van der Waals surface area contributed by atoms with Crippen LogP contribution in [0.1, 0.15) is 25.2 Å². The maximum atomic E-state index is 5.53. The first-order valence-corrected chi connectivity index (χ1v) is 5.73. The summed E-state index contributed by atoms with van der Waals surface area (Å²) in [6.45, 7) is 10.7. The highest BCUT2D eigenvalue weighted by Crippen LogP contribution is 2.14. The minimum atomic E-state index is 0.491. The summed E-state index contributed by atoms with van der Waals surface area (Å²) in [4.78, 5) is 2.32. The Kier molecular flexibility index (Phi) is 5.29. The lowest BCUT2D eigenvalue weighted by Crippen LogP contribution is -2.30. The number of rotatable bonds is 7. The first-order valence-electron chi connectivity index (χ1n) is 5.73. The van der Waals surface area contributed by atoms with Crippen molar-refractivity contribution in [2.24, 2.45) is 0 Å². The summed E-state index contributed by atoms with van der Waals surface area (Å²) in [7, 11) is 1.95. The van der Waals surface area contributed by atoms with E-state index in [1.807, 2.05) is 19.2 Å². The maximum absolute atomic E-state index is 5.53. The van der Waals surface area contributed by atoms with Crippen LogP contribution >= 0.6 is 0 Å². The average Bonchev–Trinajstić information content (AvgIpc) is 2.65. The van der Waals surface area contributed by atoms with Gasteiger partial charge >= 0.3 is 0 Å². The lowest BCUT2D eigenvalue weighted by molar-refractivity contribution is 0.217. The molecule has 0 atom stereocenters. The third-order valence-corrected chi connectivity index (χ3v) is 2.65. The molecule has 0 saturated heterocycles. The smallest absolute Gasteiger partial charge is 0.122 e. The van der Waals surface area contributed by atoms with E-state index in [2.05, 4.69) is 30.6 Å². The van der Waals surface area contributed by atoms with Gasteiger partial charge in [-0.25, -0.2) is 0 Å². The van der Waals surface area contributed by atoms with Crippen molar-refractivity contribution in [3.8, 4) is 0 Å². The first kappa shape index (κ1) is 13.0. The van der Waals surface area contributed by atoms with Gasteiger partial charge in [0.1, 0.15) is 5.76 Å². The van der Waals surface area contributed by atoms with Crippen molar-refractivity contribution in [2.75, 3.05) is 13.6 Å². The highest BCUT2D eigenvalue weighted by atomic mass is 16.3. The van der Waals surface area contributed by atoms with E-state index in [1.54, 1.807) is 6.26 Å². The molecule has 1 rings (SSSR count). The molecule has 0 saturated carbocycles. The number of nitrogens with one attached hydrogen (secondary N) is 1. The van der Waals surface area contributed by atoms with Gasteiger partial charge in [-0.2, -0.15) is 0 Å². The Bertz CT molecular complexity index is 317. The molecule has 0 fully saturated rings. The number of nitrogens with zero attached hydrogens (tertiary/aromatic N) is 1. The van der Waals surface area contributed by atoms with E-state index in [-0.39, 0.29) is 0 Å². The number of furan rings is 1. The van der Waals surface area contributed by atoms with Crippen molar-refractivity contribution in [1.82, 2.24) is 10.2 Å². The summed E-state index contributed by atoms with van der Waals surface area (Å²) in [5.41, 5.74) is 1.23. The van der Waals surface area contributed by atoms with Crippen LogP contribution < -0.4 is 5.32 Å². The molecule has 1 N–H and O–H groups in total. The van der Waals surface area contributed by atoms with E-state index in [1.165, 1.54) is 5.56 Å². The van der Waals surface area contributed by atoms with Crippen molar-refractivity contribution in [1.29, 1.82) is 0 Å². The summed E-state index contributed by atoms with van der Waals surface area (Å²) < 4.78 is 5.53. The highest BCUT2D eigenvalue weighted by molar-refractivity contribution is 5.16. The molecule has 90 valence electrons. The Hall–Kier alpha value is -1.06. The Labute approximate surface area is 98.1 Å². The molecule has 0 aliphatic rings. The van der Waals surface area contributed by atoms with Crippen LogP contribution in [-0.2, 0) is 13.1 Å². The van der Waals surface area contributed by atoms with E-state index in [4.69, 9.17) is 4.42 Å². The zero-order valence-corrected chi connectivity index (χ0v) is 10.5. The topological polar surface area (TPSA) is 28.4 Å². The van der Waals surface area contributed by atoms with Crippen LogP contribution in [0.2, 0.25) is 0 Å². The summed E-state index contributed by atoms with van der Waals surface area (Å²) in [5, 5.41) is 3.15. The lowest BCUT2D eigenvalue weighted by Gasteiger charge is -2.24. The van der Waals surface area contributed by atoms with Crippen molar-refractivity contribution < 1.29 is 4.42 Å². The molecule has 0 aliphatic carbocycles. The van der Waals surface area contributed by atoms with Crippen molar-refractivity contribution in [2.45, 2.75) is 33.0 Å². The molecule has 3 nitrogen and oxygen atoms in total. The van der Waals surface area contributed by atoms with Crippen LogP contribution in [0.25, 0.3) is 0 Å². The molecule has 1 aromatic heterocycles. The summed E-state index contributed by atoms with van der Waals surface area (Å²) >= 11 is 0. The van der Waals surface area contributed by atoms with Gasteiger partial charge in [-0.1, -0.05) is 6.08 Å². The average molecular weight is 222 g/mol. The first-order chi connectivity index (χ1) is 7.69. The fourth-order valence-corrected chi connectivity index (χ4v) is 1.66. The standard InChI is InChI=1S/C13H22N2O/c1-5-7-15(11(2)3)10-13-12(9-14-4)6-8-16-13/h5-6,8,11,14H,1,7,9-10H2,2-4H3. The largest absolute Gasteiger partial charge is 0.468 e. The summed E-state index contributed by atoms with van der Waals surface area (Å²) in [5.74, 6) is 1.05. The highest BCUT2D eigenvalue weighted by Gasteiger charge is 2.13. The fraction of sp³-hybridized carbons (Fsp3) is 0.538. The molecule has 1 heterocycles. The van der Waals surface area contributed by atoms with E-state index in [0.717, 1.165) is 25.4 Å². The van der Waals surface area contributed by atoms with Gasteiger partial charge in [0.15, 0.2) is 0 Å². The number of hydrogen-bond acceptors (Lipinski definition) is 3. The molecule has 0 bridgehead atoms. The van der Waals surface area contributed by atoms with Crippen LogP contribution in [0.3, 0.4) is 0 Å². The van der Waals surface area contributed by atoms with Gasteiger partial charge in [0.2, 0.25) is 0 Å². The predicted octanol–water partition coefficient (Wildman–Crippen LogP) is 2.40. The SMILES string of the molecule is C=CCN(Cc1occc1CNC)C(C)C.